The quantitative estimate of drug-likeness (QED) is 0.164. The van der Waals surface area contributed by atoms with Crippen molar-refractivity contribution in [1.82, 2.24) is 46.9 Å². The van der Waals surface area contributed by atoms with E-state index in [9.17, 15) is 0 Å². The van der Waals surface area contributed by atoms with Crippen molar-refractivity contribution >= 4 is 57.7 Å². The zero-order valence-electron chi connectivity index (χ0n) is 78.0. The van der Waals surface area contributed by atoms with Gasteiger partial charge in [-0.1, -0.05) is 178 Å². The molecule has 13 aliphatic rings. The third-order valence-corrected chi connectivity index (χ3v) is 36.2. The van der Waals surface area contributed by atoms with Crippen molar-refractivity contribution in [2.24, 2.45) is 34.5 Å². The summed E-state index contributed by atoms with van der Waals surface area (Å²) in [5, 5.41) is 0. The molecular weight excluding hydrogens is 1580 g/mol. The van der Waals surface area contributed by atoms with Gasteiger partial charge in [0.25, 0.3) is 0 Å². The zero-order valence-corrected chi connectivity index (χ0v) is 78.0. The molecule has 0 amide bonds. The van der Waals surface area contributed by atoms with Crippen LogP contribution in [0.4, 0.5) is 28.4 Å². The number of anilines is 5. The number of hydrogen-bond donors (Lipinski definition) is 0. The Hall–Kier alpha value is -11.2. The number of hydrogen-bond acceptors (Lipinski definition) is 15. The molecule has 0 N–H and O–H groups in total. The monoisotopic (exact) mass is 1700 g/mol. The van der Waals surface area contributed by atoms with Gasteiger partial charge in [-0.25, -0.2) is 24.9 Å². The number of fused-ring (bicyclic) bond motifs is 25. The topological polar surface area (TPSA) is 168 Å². The van der Waals surface area contributed by atoms with Crippen LogP contribution < -0.4 is 24.5 Å². The lowest BCUT2D eigenvalue weighted by molar-refractivity contribution is -0.0680. The molecule has 10 aromatic heterocycles. The molecule has 0 radical (unpaired) electrons. The van der Waals surface area contributed by atoms with E-state index in [0.717, 1.165) is 78.1 Å². The second-order valence-electron chi connectivity index (χ2n) is 42.6. The van der Waals surface area contributed by atoms with Crippen molar-refractivity contribution in [3.8, 4) is 0 Å². The number of para-hydroxylation sites is 5. The van der Waals surface area contributed by atoms with E-state index in [1.54, 1.807) is 0 Å². The van der Waals surface area contributed by atoms with E-state index < -0.39 is 0 Å². The summed E-state index contributed by atoms with van der Waals surface area (Å²) in [5.74, 6) is 12.6. The number of nitrogens with zero attached hydrogens (tertiary/aromatic N) is 15. The molecule has 7 unspecified atom stereocenters. The number of aromatic nitrogens is 10. The molecule has 6 aliphatic carbocycles. The minimum Gasteiger partial charge on any atom is -0.425 e. The fourth-order valence-electron chi connectivity index (χ4n) is 29.0. The molecule has 7 atom stereocenters. The van der Waals surface area contributed by atoms with Gasteiger partial charge in [0.2, 0.25) is 0 Å². The summed E-state index contributed by atoms with van der Waals surface area (Å²) in [7, 11) is 0. The van der Waals surface area contributed by atoms with Gasteiger partial charge in [0, 0.05) is 101 Å². The highest BCUT2D eigenvalue weighted by molar-refractivity contribution is 5.75. The molecule has 7 aliphatic heterocycles. The van der Waals surface area contributed by atoms with E-state index in [2.05, 4.69) is 325 Å². The maximum absolute atomic E-state index is 6.60. The van der Waals surface area contributed by atoms with E-state index in [0.29, 0.717) is 35.6 Å². The predicted molar refractivity (Wildman–Crippen MR) is 500 cm³/mol. The van der Waals surface area contributed by atoms with Gasteiger partial charge in [0.05, 0.1) is 58.7 Å². The first kappa shape index (κ1) is 80.4. The van der Waals surface area contributed by atoms with Gasteiger partial charge in [-0.15, -0.1) is 0 Å². The Morgan fingerprint density at radius 1 is 0.299 bits per heavy atom. The van der Waals surface area contributed by atoms with Crippen LogP contribution in [0.1, 0.15) is 320 Å². The molecule has 6 fully saturated rings. The van der Waals surface area contributed by atoms with Crippen molar-refractivity contribution in [1.29, 1.82) is 0 Å². The first-order valence-electron chi connectivity index (χ1n) is 47.5. The van der Waals surface area contributed by atoms with Gasteiger partial charge in [0.1, 0.15) is 27.7 Å². The van der Waals surface area contributed by atoms with Crippen molar-refractivity contribution in [2.45, 2.75) is 297 Å². The Balaban J connectivity index is 0.0000000912. The first-order chi connectivity index (χ1) is 60.9. The number of oxazole rings is 5. The summed E-state index contributed by atoms with van der Waals surface area (Å²) in [6.07, 6.45) is 37.3. The van der Waals surface area contributed by atoms with Crippen LogP contribution in [0.5, 0.6) is 0 Å². The van der Waals surface area contributed by atoms with Crippen molar-refractivity contribution < 1.29 is 22.1 Å². The van der Waals surface area contributed by atoms with Crippen LogP contribution >= 0.6 is 0 Å². The fraction of sp³-hybridized carbons (Fsp3) is 0.486. The normalized spacial score (nSPS) is 28.2. The third-order valence-electron chi connectivity index (χ3n) is 36.2. The molecule has 658 valence electrons. The minimum atomic E-state index is -0.245. The van der Waals surface area contributed by atoms with E-state index in [1.807, 2.05) is 55.8 Å². The van der Waals surface area contributed by atoms with Gasteiger partial charge in [0.15, 0.2) is 28.8 Å². The molecule has 15 aromatic rings. The van der Waals surface area contributed by atoms with E-state index in [1.165, 1.54) is 166 Å². The molecule has 3 spiro atoms. The summed E-state index contributed by atoms with van der Waals surface area (Å²) in [6, 6.07) is 41.2. The summed E-state index contributed by atoms with van der Waals surface area (Å²) in [6.45, 7) is 46.5. The Kier molecular flexibility index (Phi) is 17.4. The summed E-state index contributed by atoms with van der Waals surface area (Å²) in [5.41, 5.74) is 22.1. The van der Waals surface area contributed by atoms with Crippen molar-refractivity contribution in [2.75, 3.05) is 24.5 Å². The smallest absolute Gasteiger partial charge is 0.306 e. The van der Waals surface area contributed by atoms with Gasteiger partial charge in [-0.2, -0.15) is 0 Å². The predicted octanol–water partition coefficient (Wildman–Crippen LogP) is 25.7. The van der Waals surface area contributed by atoms with Crippen LogP contribution in [0.25, 0.3) is 29.2 Å². The highest BCUT2D eigenvalue weighted by atomic mass is 16.4. The Bertz CT molecular complexity index is 6670. The fourth-order valence-corrected chi connectivity index (χ4v) is 29.0. The Morgan fingerprint density at radius 3 is 0.937 bits per heavy atom. The molecule has 28 rings (SSSR count). The summed E-state index contributed by atoms with van der Waals surface area (Å²) in [4.78, 5) is 35.3. The van der Waals surface area contributed by atoms with E-state index >= 15 is 0 Å². The van der Waals surface area contributed by atoms with Crippen molar-refractivity contribution in [3.05, 3.63) is 267 Å². The zero-order chi connectivity index (χ0) is 87.8. The maximum Gasteiger partial charge on any atom is 0.306 e. The SMILES string of the molecule is Cc1cccc2c1N1C(C)c3c(oc4nccn34)C1(C)C(C)(C)C2(C)C.Cc1cccc2c1N1C(C)c3c(oc4nccn34)C1(C)C(C)(C)C2(C)C.Cc1ccccc1N1C(C)c2c(oc3nccn23)C12C1CC3CC(C1)CC2C3.Cc1ccccc1N1C(C)c2c(oc3nccn23)C12CCCC2.Cc1ccccc1N1C(C)c2c(oc3nccn23)C12CCCCC2. The highest BCUT2D eigenvalue weighted by Crippen LogP contribution is 2.73. The van der Waals surface area contributed by atoms with Crippen LogP contribution in [0.3, 0.4) is 0 Å². The van der Waals surface area contributed by atoms with Gasteiger partial charge in [-0.3, -0.25) is 22.0 Å². The second kappa shape index (κ2) is 27.5. The van der Waals surface area contributed by atoms with Crippen molar-refractivity contribution in [3.63, 3.8) is 0 Å². The molecular formula is C107H125N15O5. The molecule has 20 heteroatoms. The number of aryl methyl sites for hydroxylation is 5. The minimum absolute atomic E-state index is 0.00155. The number of rotatable bonds is 3. The molecule has 127 heavy (non-hydrogen) atoms. The van der Waals surface area contributed by atoms with Gasteiger partial charge < -0.3 is 46.6 Å². The Morgan fingerprint density at radius 2 is 0.583 bits per heavy atom. The van der Waals surface area contributed by atoms with Crippen LogP contribution in [0.15, 0.2) is 193 Å². The average Bonchev–Trinajstić information content (AvgIpc) is 1.57. The molecule has 4 bridgehead atoms. The lowest BCUT2D eigenvalue weighted by Crippen LogP contribution is -2.62. The lowest BCUT2D eigenvalue weighted by Gasteiger charge is -2.63. The lowest BCUT2D eigenvalue weighted by atomic mass is 9.48. The average molecular weight is 1700 g/mol. The number of imidazole rings is 5. The Labute approximate surface area is 745 Å². The maximum atomic E-state index is 6.60. The molecule has 6 saturated carbocycles. The van der Waals surface area contributed by atoms with Crippen LogP contribution in [0, 0.1) is 69.1 Å². The van der Waals surface area contributed by atoms with Crippen LogP contribution in [-0.4, -0.2) is 46.9 Å². The highest BCUT2D eigenvalue weighted by Gasteiger charge is 2.71. The molecule has 20 nitrogen and oxygen atoms in total. The van der Waals surface area contributed by atoms with Crippen LogP contribution in [-0.2, 0) is 38.5 Å². The van der Waals surface area contributed by atoms with Gasteiger partial charge >= 0.3 is 29.2 Å². The standard InChI is InChI=1S/C24H27N3O.2C22H27N3O.C20H23N3O.C19H21N3O/c1-14-5-3-4-6-20(14)27-15(2)21-22(28-23-25-7-8-26(21)23)24(27)18-10-16-9-17(12-18)13-19(24)11-16;2*1-13-9-8-10-15-16(13)25-14(2)17-18(26-19-23-11-12-24(17)19)22(25,7)21(5,6)20(15,3)4;1-14-8-4-5-9-16(14)23-15(2)17-18(20(23)10-6-3-7-11-20)24-19-21-12-13-22(17)19;1-13-7-3-4-8-15(13)22-14(2)16-17(19(22)9-5-6-10-19)23-18-20-11-12-21(16)18/h3-8,15-19H,9-13H2,1-2H3;2*8-12,14H,1-7H3;4-5,8-9,12-13,15H,3,6-7,10-11H2,1-2H3;3-4,7-8,11-12,14H,5-6,9-10H2,1-2H3. The van der Waals surface area contributed by atoms with Crippen LogP contribution in [0.2, 0.25) is 0 Å². The van der Waals surface area contributed by atoms with E-state index in [-0.39, 0.29) is 67.5 Å². The summed E-state index contributed by atoms with van der Waals surface area (Å²) >= 11 is 0. The molecule has 5 aromatic carbocycles. The van der Waals surface area contributed by atoms with Gasteiger partial charge in [-0.05, 0) is 233 Å². The largest absolute Gasteiger partial charge is 0.425 e. The molecule has 0 saturated heterocycles. The summed E-state index contributed by atoms with van der Waals surface area (Å²) < 4.78 is 42.7. The molecule has 17 heterocycles. The van der Waals surface area contributed by atoms with E-state index in [4.69, 9.17) is 22.1 Å². The first-order valence-corrected chi connectivity index (χ1v) is 47.5. The number of benzene rings is 5. The third kappa shape index (κ3) is 10.2. The second-order valence-corrected chi connectivity index (χ2v) is 42.6.